The molecule has 2 amide bonds. The standard InChI is InChI=1S/C9H17N3O2/c1-2-10-5-6-11-9(14)7-3-4-8(13)12-7/h7,10H,2-6H2,1H3,(H,11,14)(H,12,13)/t7-/m0/s1. The lowest BCUT2D eigenvalue weighted by atomic mass is 10.2. The largest absolute Gasteiger partial charge is 0.353 e. The summed E-state index contributed by atoms with van der Waals surface area (Å²) in [4.78, 5) is 22.2. The zero-order valence-electron chi connectivity index (χ0n) is 8.43. The van der Waals surface area contributed by atoms with E-state index in [1.165, 1.54) is 0 Å². The predicted molar refractivity (Wildman–Crippen MR) is 52.7 cm³/mol. The minimum Gasteiger partial charge on any atom is -0.353 e. The van der Waals surface area contributed by atoms with Crippen molar-refractivity contribution in [3.8, 4) is 0 Å². The molecule has 0 unspecified atom stereocenters. The summed E-state index contributed by atoms with van der Waals surface area (Å²) in [6.07, 6.45) is 1.08. The Morgan fingerprint density at radius 3 is 2.93 bits per heavy atom. The number of amides is 2. The zero-order valence-corrected chi connectivity index (χ0v) is 8.43. The summed E-state index contributed by atoms with van der Waals surface area (Å²) in [5.41, 5.74) is 0. The van der Waals surface area contributed by atoms with E-state index in [0.29, 0.717) is 19.4 Å². The summed E-state index contributed by atoms with van der Waals surface area (Å²) in [5, 5.41) is 8.49. The van der Waals surface area contributed by atoms with Crippen molar-refractivity contribution >= 4 is 11.8 Å². The highest BCUT2D eigenvalue weighted by atomic mass is 16.2. The lowest BCUT2D eigenvalue weighted by molar-refractivity contribution is -0.125. The average molecular weight is 199 g/mol. The van der Waals surface area contributed by atoms with Crippen LogP contribution in [0.4, 0.5) is 0 Å². The van der Waals surface area contributed by atoms with Gasteiger partial charge in [-0.1, -0.05) is 6.92 Å². The van der Waals surface area contributed by atoms with Crippen LogP contribution in [0.15, 0.2) is 0 Å². The van der Waals surface area contributed by atoms with Gasteiger partial charge in [0.2, 0.25) is 11.8 Å². The molecule has 0 spiro atoms. The third-order valence-corrected chi connectivity index (χ3v) is 2.16. The quantitative estimate of drug-likeness (QED) is 0.497. The first kappa shape index (κ1) is 11.0. The summed E-state index contributed by atoms with van der Waals surface area (Å²) in [5.74, 6) is -0.106. The van der Waals surface area contributed by atoms with Crippen LogP contribution in [0, 0.1) is 0 Å². The van der Waals surface area contributed by atoms with Gasteiger partial charge in [-0.05, 0) is 13.0 Å². The Morgan fingerprint density at radius 2 is 2.36 bits per heavy atom. The first-order chi connectivity index (χ1) is 6.74. The first-order valence-electron chi connectivity index (χ1n) is 5.02. The van der Waals surface area contributed by atoms with Crippen LogP contribution >= 0.6 is 0 Å². The van der Waals surface area contributed by atoms with Gasteiger partial charge in [-0.3, -0.25) is 9.59 Å². The highest BCUT2D eigenvalue weighted by molar-refractivity contribution is 5.90. The lowest BCUT2D eigenvalue weighted by Crippen LogP contribution is -2.43. The minimum absolute atomic E-state index is 0.0307. The van der Waals surface area contributed by atoms with Crippen LogP contribution in [0.1, 0.15) is 19.8 Å². The highest BCUT2D eigenvalue weighted by Gasteiger charge is 2.26. The molecule has 0 saturated carbocycles. The molecule has 14 heavy (non-hydrogen) atoms. The van der Waals surface area contributed by atoms with Gasteiger partial charge in [-0.2, -0.15) is 0 Å². The molecule has 1 aliphatic heterocycles. The van der Waals surface area contributed by atoms with E-state index in [2.05, 4.69) is 16.0 Å². The second kappa shape index (κ2) is 5.59. The number of hydrogen-bond donors (Lipinski definition) is 3. The fourth-order valence-electron chi connectivity index (χ4n) is 1.38. The molecule has 0 aromatic carbocycles. The zero-order chi connectivity index (χ0) is 10.4. The van der Waals surface area contributed by atoms with Crippen molar-refractivity contribution in [2.75, 3.05) is 19.6 Å². The van der Waals surface area contributed by atoms with Crippen molar-refractivity contribution in [2.45, 2.75) is 25.8 Å². The lowest BCUT2D eigenvalue weighted by Gasteiger charge is -2.10. The maximum atomic E-state index is 11.4. The minimum atomic E-state index is -0.316. The van der Waals surface area contributed by atoms with E-state index in [1.807, 2.05) is 6.92 Å². The average Bonchev–Trinajstić information content (AvgIpc) is 2.59. The Kier molecular flexibility index (Phi) is 4.39. The van der Waals surface area contributed by atoms with E-state index in [-0.39, 0.29) is 17.9 Å². The van der Waals surface area contributed by atoms with Crippen LogP contribution in [0.3, 0.4) is 0 Å². The Balaban J connectivity index is 2.12. The summed E-state index contributed by atoms with van der Waals surface area (Å²) in [6.45, 7) is 4.29. The Bertz CT molecular complexity index is 218. The van der Waals surface area contributed by atoms with Crippen LogP contribution < -0.4 is 16.0 Å². The maximum Gasteiger partial charge on any atom is 0.242 e. The topological polar surface area (TPSA) is 70.2 Å². The van der Waals surface area contributed by atoms with E-state index in [9.17, 15) is 9.59 Å². The summed E-state index contributed by atoms with van der Waals surface area (Å²) in [7, 11) is 0. The van der Waals surface area contributed by atoms with Gasteiger partial charge in [0, 0.05) is 19.5 Å². The third-order valence-electron chi connectivity index (χ3n) is 2.16. The van der Waals surface area contributed by atoms with Crippen molar-refractivity contribution in [1.29, 1.82) is 0 Å². The van der Waals surface area contributed by atoms with Gasteiger partial charge in [0.25, 0.3) is 0 Å². The number of carbonyl (C=O) groups excluding carboxylic acids is 2. The fraction of sp³-hybridized carbons (Fsp3) is 0.778. The molecule has 1 fully saturated rings. The van der Waals surface area contributed by atoms with Crippen LogP contribution in [-0.4, -0.2) is 37.5 Å². The van der Waals surface area contributed by atoms with Gasteiger partial charge in [0.05, 0.1) is 0 Å². The predicted octanol–water partition coefficient (Wildman–Crippen LogP) is -1.01. The van der Waals surface area contributed by atoms with Crippen LogP contribution in [0.5, 0.6) is 0 Å². The van der Waals surface area contributed by atoms with Crippen LogP contribution in [0.2, 0.25) is 0 Å². The molecule has 0 aliphatic carbocycles. The van der Waals surface area contributed by atoms with Gasteiger partial charge >= 0.3 is 0 Å². The number of carbonyl (C=O) groups is 2. The molecule has 1 aliphatic rings. The van der Waals surface area contributed by atoms with Crippen LogP contribution in [-0.2, 0) is 9.59 Å². The van der Waals surface area contributed by atoms with E-state index in [4.69, 9.17) is 0 Å². The monoisotopic (exact) mass is 199 g/mol. The Labute approximate surface area is 83.6 Å². The van der Waals surface area contributed by atoms with E-state index < -0.39 is 0 Å². The number of nitrogens with one attached hydrogen (secondary N) is 3. The van der Waals surface area contributed by atoms with Gasteiger partial charge in [-0.25, -0.2) is 0 Å². The third kappa shape index (κ3) is 3.33. The van der Waals surface area contributed by atoms with E-state index in [0.717, 1.165) is 13.1 Å². The van der Waals surface area contributed by atoms with Crippen molar-refractivity contribution in [1.82, 2.24) is 16.0 Å². The van der Waals surface area contributed by atoms with Gasteiger partial charge < -0.3 is 16.0 Å². The Hall–Kier alpha value is -1.10. The summed E-state index contributed by atoms with van der Waals surface area (Å²) >= 11 is 0. The van der Waals surface area contributed by atoms with Crippen molar-refractivity contribution in [3.05, 3.63) is 0 Å². The first-order valence-corrected chi connectivity index (χ1v) is 5.02. The molecule has 0 aromatic rings. The van der Waals surface area contributed by atoms with Crippen molar-refractivity contribution in [3.63, 3.8) is 0 Å². The summed E-state index contributed by atoms with van der Waals surface area (Å²) < 4.78 is 0. The highest BCUT2D eigenvalue weighted by Crippen LogP contribution is 2.05. The maximum absolute atomic E-state index is 11.4. The molecular weight excluding hydrogens is 182 g/mol. The normalized spacial score (nSPS) is 20.6. The van der Waals surface area contributed by atoms with Crippen LogP contribution in [0.25, 0.3) is 0 Å². The van der Waals surface area contributed by atoms with E-state index in [1.54, 1.807) is 0 Å². The van der Waals surface area contributed by atoms with Gasteiger partial charge in [-0.15, -0.1) is 0 Å². The smallest absolute Gasteiger partial charge is 0.242 e. The molecule has 5 heteroatoms. The number of likely N-dealkylation sites (N-methyl/N-ethyl adjacent to an activating group) is 1. The molecule has 80 valence electrons. The molecule has 1 heterocycles. The second-order valence-corrected chi connectivity index (χ2v) is 3.30. The molecule has 0 aromatic heterocycles. The SMILES string of the molecule is CCNCCNC(=O)[C@@H]1CCC(=O)N1. The van der Waals surface area contributed by atoms with Crippen molar-refractivity contribution < 1.29 is 9.59 Å². The molecule has 1 rings (SSSR count). The molecule has 1 atom stereocenters. The molecular formula is C9H17N3O2. The number of hydrogen-bond acceptors (Lipinski definition) is 3. The molecule has 1 saturated heterocycles. The van der Waals surface area contributed by atoms with Gasteiger partial charge in [0.15, 0.2) is 0 Å². The number of rotatable bonds is 5. The Morgan fingerprint density at radius 1 is 1.57 bits per heavy atom. The molecule has 5 nitrogen and oxygen atoms in total. The second-order valence-electron chi connectivity index (χ2n) is 3.30. The van der Waals surface area contributed by atoms with Crippen molar-refractivity contribution in [2.24, 2.45) is 0 Å². The fourth-order valence-corrected chi connectivity index (χ4v) is 1.38. The summed E-state index contributed by atoms with van der Waals surface area (Å²) in [6, 6.07) is -0.316. The van der Waals surface area contributed by atoms with Gasteiger partial charge in [0.1, 0.15) is 6.04 Å². The molecule has 0 bridgehead atoms. The molecule has 3 N–H and O–H groups in total. The molecule has 0 radical (unpaired) electrons. The van der Waals surface area contributed by atoms with E-state index >= 15 is 0 Å².